The van der Waals surface area contributed by atoms with Gasteiger partial charge in [0, 0.05) is 22.4 Å². The zero-order chi connectivity index (χ0) is 25.3. The minimum atomic E-state index is -1.25. The Kier molecular flexibility index (Phi) is 7.25. The molecule has 184 valence electrons. The van der Waals surface area contributed by atoms with Gasteiger partial charge >= 0.3 is 5.97 Å². The van der Waals surface area contributed by atoms with Crippen molar-refractivity contribution < 1.29 is 24.7 Å². The van der Waals surface area contributed by atoms with E-state index < -0.39 is 35.6 Å². The topological polar surface area (TPSA) is 197 Å². The summed E-state index contributed by atoms with van der Waals surface area (Å²) in [5, 5.41) is 24.8. The van der Waals surface area contributed by atoms with E-state index in [0.29, 0.717) is 30.7 Å². The van der Waals surface area contributed by atoms with E-state index in [1.807, 2.05) is 6.07 Å². The number of hydrogen-bond donors (Lipinski definition) is 5. The Morgan fingerprint density at radius 3 is 2.83 bits per heavy atom. The quantitative estimate of drug-likeness (QED) is 0.140. The number of fused-ring (bicyclic) bond motifs is 1. The van der Waals surface area contributed by atoms with Crippen LogP contribution in [0.25, 0.3) is 0 Å². The minimum Gasteiger partial charge on any atom is -0.477 e. The number of carbonyl (C=O) groups excluding carboxylic acids is 2. The van der Waals surface area contributed by atoms with Gasteiger partial charge in [0.15, 0.2) is 10.8 Å². The van der Waals surface area contributed by atoms with Gasteiger partial charge in [0.1, 0.15) is 21.8 Å². The van der Waals surface area contributed by atoms with Crippen molar-refractivity contribution in [3.63, 3.8) is 0 Å². The number of nitrogens with zero attached hydrogens (tertiary/aromatic N) is 4. The smallest absolute Gasteiger partial charge is 0.353 e. The van der Waals surface area contributed by atoms with Crippen LogP contribution in [-0.2, 0) is 20.8 Å². The normalized spacial score (nSPS) is 19.9. The number of thioether (sulfide) groups is 1. The van der Waals surface area contributed by atoms with Crippen LogP contribution in [0, 0.1) is 0 Å². The number of nitrogen functional groups attached to an aromatic ring is 1. The maximum atomic E-state index is 12.9. The van der Waals surface area contributed by atoms with E-state index in [0.717, 1.165) is 21.9 Å². The summed E-state index contributed by atoms with van der Waals surface area (Å²) in [5.41, 5.74) is 11.2. The molecule has 0 aliphatic carbocycles. The maximum Gasteiger partial charge on any atom is 0.353 e. The number of rotatable bonds is 8. The fourth-order valence-electron chi connectivity index (χ4n) is 3.97. The van der Waals surface area contributed by atoms with Crippen molar-refractivity contribution in [2.45, 2.75) is 36.2 Å². The van der Waals surface area contributed by atoms with E-state index in [-0.39, 0.29) is 20.9 Å². The zero-order valence-corrected chi connectivity index (χ0v) is 20.4. The Morgan fingerprint density at radius 1 is 1.43 bits per heavy atom. The second-order valence-corrected chi connectivity index (χ2v) is 10.3. The standard InChI is InChI=1S/C20H20ClN7O5S2/c21-16-13(26-20(23)35-16)14(27-33)17(29)25-12-9-3-4-11(15(19(31)32)28(9)18(12)30)34-10-2-1-7-24-8(10)5-6-22/h1-2,7,9,12,33H,3-6,22H2,(H2,23,26)(H,25,29)(H,31,32)/b27-14-. The third-order valence-electron chi connectivity index (χ3n) is 5.49. The van der Waals surface area contributed by atoms with Gasteiger partial charge < -0.3 is 27.1 Å². The van der Waals surface area contributed by atoms with Crippen molar-refractivity contribution >= 4 is 63.3 Å². The molecular formula is C20H20ClN7O5S2. The Bertz CT molecular complexity index is 1260. The third-order valence-corrected chi connectivity index (χ3v) is 7.80. The maximum absolute atomic E-state index is 12.9. The van der Waals surface area contributed by atoms with Gasteiger partial charge in [0.05, 0.1) is 11.7 Å². The van der Waals surface area contributed by atoms with Gasteiger partial charge in [-0.1, -0.05) is 39.9 Å². The van der Waals surface area contributed by atoms with Crippen LogP contribution in [0.5, 0.6) is 0 Å². The molecule has 0 bridgehead atoms. The molecule has 1 fully saturated rings. The first-order chi connectivity index (χ1) is 16.8. The highest BCUT2D eigenvalue weighted by Crippen LogP contribution is 2.43. The second kappa shape index (κ2) is 10.2. The van der Waals surface area contributed by atoms with E-state index in [9.17, 15) is 24.7 Å². The number of β-lactam (4-membered cyclic amide) rings is 1. The van der Waals surface area contributed by atoms with Crippen LogP contribution in [-0.4, -0.2) is 67.3 Å². The molecule has 0 aromatic carbocycles. The fourth-order valence-corrected chi connectivity index (χ4v) is 6.09. The summed E-state index contributed by atoms with van der Waals surface area (Å²) in [6.45, 7) is 0.390. The van der Waals surface area contributed by atoms with Gasteiger partial charge in [-0.05, 0) is 31.5 Å². The van der Waals surface area contributed by atoms with Crippen LogP contribution < -0.4 is 16.8 Å². The monoisotopic (exact) mass is 537 g/mol. The molecule has 2 aromatic heterocycles. The number of oxime groups is 1. The van der Waals surface area contributed by atoms with E-state index in [1.54, 1.807) is 12.3 Å². The highest BCUT2D eigenvalue weighted by atomic mass is 35.5. The van der Waals surface area contributed by atoms with Gasteiger partial charge in [-0.3, -0.25) is 19.5 Å². The summed E-state index contributed by atoms with van der Waals surface area (Å²) in [4.78, 5) is 48.5. The third kappa shape index (κ3) is 4.69. The number of halogens is 1. The molecule has 2 unspecified atom stereocenters. The lowest BCUT2D eigenvalue weighted by molar-refractivity contribution is -0.155. The number of thiazole rings is 1. The molecule has 0 saturated carbocycles. The number of nitrogens with one attached hydrogen (secondary N) is 1. The molecule has 2 amide bonds. The lowest BCUT2D eigenvalue weighted by Crippen LogP contribution is -2.72. The number of carboxylic acid groups (broad SMARTS) is 1. The van der Waals surface area contributed by atoms with E-state index in [2.05, 4.69) is 20.4 Å². The van der Waals surface area contributed by atoms with Crippen molar-refractivity contribution in [1.29, 1.82) is 0 Å². The molecule has 4 rings (SSSR count). The molecule has 7 N–H and O–H groups in total. The summed E-state index contributed by atoms with van der Waals surface area (Å²) >= 11 is 8.14. The number of carbonyl (C=O) groups is 3. The van der Waals surface area contributed by atoms with Gasteiger partial charge in [-0.2, -0.15) is 0 Å². The molecule has 1 saturated heterocycles. The fraction of sp³-hybridized carbons (Fsp3) is 0.300. The van der Waals surface area contributed by atoms with E-state index in [1.165, 1.54) is 16.7 Å². The molecule has 2 aliphatic rings. The highest BCUT2D eigenvalue weighted by molar-refractivity contribution is 8.03. The number of aromatic nitrogens is 2. The minimum absolute atomic E-state index is 0.0480. The number of carboxylic acids is 1. The van der Waals surface area contributed by atoms with Gasteiger partial charge in [0.2, 0.25) is 0 Å². The number of anilines is 1. The van der Waals surface area contributed by atoms with Crippen molar-refractivity contribution in [2.24, 2.45) is 10.9 Å². The summed E-state index contributed by atoms with van der Waals surface area (Å²) in [6.07, 6.45) is 2.96. The van der Waals surface area contributed by atoms with Crippen LogP contribution in [0.3, 0.4) is 0 Å². The lowest BCUT2D eigenvalue weighted by atomic mass is 9.86. The zero-order valence-electron chi connectivity index (χ0n) is 18.0. The van der Waals surface area contributed by atoms with E-state index >= 15 is 0 Å². The average Bonchev–Trinajstić information content (AvgIpc) is 3.16. The summed E-state index contributed by atoms with van der Waals surface area (Å²) in [7, 11) is 0. The SMILES string of the molecule is NCCc1ncccc1SC1=C(C(=O)O)N2C(=O)C(NC(=O)/C(=N\O)c3nc(N)sc3Cl)C2CC1. The number of amides is 2. The molecule has 2 atom stereocenters. The summed E-state index contributed by atoms with van der Waals surface area (Å²) in [5.74, 6) is -2.73. The second-order valence-electron chi connectivity index (χ2n) is 7.55. The number of pyridine rings is 1. The number of allylic oxidation sites excluding steroid dienone is 1. The van der Waals surface area contributed by atoms with Crippen molar-refractivity contribution in [3.8, 4) is 0 Å². The highest BCUT2D eigenvalue weighted by Gasteiger charge is 2.54. The molecule has 4 heterocycles. The Morgan fingerprint density at radius 2 is 2.20 bits per heavy atom. The van der Waals surface area contributed by atoms with Crippen molar-refractivity contribution in [2.75, 3.05) is 12.3 Å². The van der Waals surface area contributed by atoms with Crippen LogP contribution in [0.1, 0.15) is 24.2 Å². The summed E-state index contributed by atoms with van der Waals surface area (Å²) < 4.78 is 0.0480. The number of hydrogen-bond acceptors (Lipinski definition) is 11. The number of nitrogens with two attached hydrogens (primary N) is 2. The molecule has 0 radical (unpaired) electrons. The first-order valence-electron chi connectivity index (χ1n) is 10.3. The molecule has 2 aliphatic heterocycles. The molecule has 2 aromatic rings. The first-order valence-corrected chi connectivity index (χ1v) is 12.3. The van der Waals surface area contributed by atoms with Crippen LogP contribution in [0.15, 0.2) is 39.0 Å². The Labute approximate surface area is 212 Å². The van der Waals surface area contributed by atoms with Crippen molar-refractivity contribution in [1.82, 2.24) is 20.2 Å². The largest absolute Gasteiger partial charge is 0.477 e. The molecule has 12 nitrogen and oxygen atoms in total. The van der Waals surface area contributed by atoms with Crippen LogP contribution in [0.4, 0.5) is 5.13 Å². The van der Waals surface area contributed by atoms with Crippen molar-refractivity contribution in [3.05, 3.63) is 44.7 Å². The molecule has 15 heteroatoms. The van der Waals surface area contributed by atoms with Gasteiger partial charge in [-0.25, -0.2) is 9.78 Å². The molecule has 35 heavy (non-hydrogen) atoms. The Hall–Kier alpha value is -3.20. The van der Waals surface area contributed by atoms with Gasteiger partial charge in [0.25, 0.3) is 11.8 Å². The predicted octanol–water partition coefficient (Wildman–Crippen LogP) is 1.03. The van der Waals surface area contributed by atoms with Gasteiger partial charge in [-0.15, -0.1) is 0 Å². The lowest BCUT2D eigenvalue weighted by Gasteiger charge is -2.50. The Balaban J connectivity index is 1.55. The summed E-state index contributed by atoms with van der Waals surface area (Å²) in [6, 6.07) is 2.00. The number of aliphatic carboxylic acids is 1. The van der Waals surface area contributed by atoms with Crippen LogP contribution >= 0.6 is 34.7 Å². The first kappa shape index (κ1) is 24.9. The predicted molar refractivity (Wildman–Crippen MR) is 129 cm³/mol. The molecule has 0 spiro atoms. The molecular weight excluding hydrogens is 518 g/mol. The average molecular weight is 538 g/mol. The van der Waals surface area contributed by atoms with E-state index in [4.69, 9.17) is 23.1 Å². The van der Waals surface area contributed by atoms with Crippen LogP contribution in [0.2, 0.25) is 4.34 Å².